The number of rotatable bonds is 4. The van der Waals surface area contributed by atoms with Crippen LogP contribution in [0.15, 0.2) is 40.9 Å². The molecule has 2 aromatic heterocycles. The van der Waals surface area contributed by atoms with Gasteiger partial charge in [0, 0.05) is 11.6 Å². The van der Waals surface area contributed by atoms with E-state index in [1.165, 1.54) is 23.5 Å². The van der Waals surface area contributed by atoms with Crippen LogP contribution in [0.5, 0.6) is 0 Å². The van der Waals surface area contributed by atoms with Crippen molar-refractivity contribution in [3.63, 3.8) is 0 Å². The topological polar surface area (TPSA) is 81.8 Å². The molecule has 2 heterocycles. The third-order valence-corrected chi connectivity index (χ3v) is 3.79. The van der Waals surface area contributed by atoms with Gasteiger partial charge in [-0.1, -0.05) is 23.7 Å². The number of carbonyl (C=O) groups excluding carboxylic acids is 1. The number of fused-ring (bicyclic) bond motifs is 1. The van der Waals surface area contributed by atoms with Crippen molar-refractivity contribution in [3.05, 3.63) is 52.3 Å². The van der Waals surface area contributed by atoms with Gasteiger partial charge in [0.2, 0.25) is 0 Å². The van der Waals surface area contributed by atoms with Crippen LogP contribution in [-0.2, 0) is 0 Å². The van der Waals surface area contributed by atoms with E-state index in [-0.39, 0.29) is 5.56 Å². The molecule has 0 aliphatic heterocycles. The summed E-state index contributed by atoms with van der Waals surface area (Å²) in [5.74, 6) is -1.21. The van der Waals surface area contributed by atoms with Gasteiger partial charge in [-0.05, 0) is 17.7 Å². The zero-order chi connectivity index (χ0) is 14.8. The molecule has 106 valence electrons. The van der Waals surface area contributed by atoms with Gasteiger partial charge in [-0.3, -0.25) is 9.83 Å². The molecule has 0 saturated carbocycles. The highest BCUT2D eigenvalue weighted by atomic mass is 35.5. The quantitative estimate of drug-likeness (QED) is 0.588. The molecule has 0 atom stereocenters. The Kier molecular flexibility index (Phi) is 3.59. The van der Waals surface area contributed by atoms with Crippen LogP contribution in [0.3, 0.4) is 0 Å². The van der Waals surface area contributed by atoms with Crippen molar-refractivity contribution in [1.29, 1.82) is 0 Å². The molecule has 3 aromatic rings. The number of imidazole rings is 1. The first-order valence-corrected chi connectivity index (χ1v) is 7.12. The van der Waals surface area contributed by atoms with Gasteiger partial charge in [-0.15, -0.1) is 11.3 Å². The van der Waals surface area contributed by atoms with Gasteiger partial charge in [0.25, 0.3) is 0 Å². The number of nitrogens with one attached hydrogen (secondary N) is 1. The maximum absolute atomic E-state index is 10.6. The Labute approximate surface area is 128 Å². The molecule has 21 heavy (non-hydrogen) atoms. The van der Waals surface area contributed by atoms with Crippen molar-refractivity contribution in [2.45, 2.75) is 0 Å². The second-order valence-corrected chi connectivity index (χ2v) is 5.31. The summed E-state index contributed by atoms with van der Waals surface area (Å²) < 4.78 is 1.83. The molecule has 0 amide bonds. The molecule has 0 saturated heterocycles. The number of hydrogen-bond donors (Lipinski definition) is 1. The lowest BCUT2D eigenvalue weighted by molar-refractivity contribution is -0.255. The first-order valence-electron chi connectivity index (χ1n) is 5.86. The van der Waals surface area contributed by atoms with Crippen molar-refractivity contribution >= 4 is 45.8 Å². The summed E-state index contributed by atoms with van der Waals surface area (Å²) in [6, 6.07) is 6.08. The molecular formula is C13H8ClN4O2S-. The summed E-state index contributed by atoms with van der Waals surface area (Å²) in [6.07, 6.45) is 3.41. The van der Waals surface area contributed by atoms with Gasteiger partial charge in [-0.25, -0.2) is 4.98 Å². The highest BCUT2D eigenvalue weighted by molar-refractivity contribution is 7.15. The van der Waals surface area contributed by atoms with Gasteiger partial charge < -0.3 is 9.90 Å². The highest BCUT2D eigenvalue weighted by Crippen LogP contribution is 2.19. The Bertz CT molecular complexity index is 822. The summed E-state index contributed by atoms with van der Waals surface area (Å²) in [7, 11) is 0. The number of benzene rings is 1. The summed E-state index contributed by atoms with van der Waals surface area (Å²) in [4.78, 5) is 15.6. The lowest BCUT2D eigenvalue weighted by Gasteiger charge is -2.03. The number of thiazole rings is 1. The SMILES string of the molecule is O=C([O-])c1ccc(N/N=C\c2c(Cl)nc3sccn23)cc1. The third-order valence-electron chi connectivity index (χ3n) is 2.76. The fraction of sp³-hybridized carbons (Fsp3) is 0. The first kappa shape index (κ1) is 13.6. The lowest BCUT2D eigenvalue weighted by atomic mass is 10.2. The maximum Gasteiger partial charge on any atom is 0.195 e. The van der Waals surface area contributed by atoms with Crippen LogP contribution < -0.4 is 10.5 Å². The number of aromatic carboxylic acids is 1. The minimum absolute atomic E-state index is 0.114. The van der Waals surface area contributed by atoms with E-state index in [9.17, 15) is 9.90 Å². The summed E-state index contributed by atoms with van der Waals surface area (Å²) >= 11 is 7.51. The lowest BCUT2D eigenvalue weighted by Crippen LogP contribution is -2.21. The van der Waals surface area contributed by atoms with Crippen molar-refractivity contribution in [2.75, 3.05) is 5.43 Å². The number of carboxylic acids is 1. The number of nitrogens with zero attached hydrogens (tertiary/aromatic N) is 3. The standard InChI is InChI=1S/C13H9ClN4O2S/c14-11-10(18-5-6-21-13(18)16-11)7-15-17-9-3-1-8(2-4-9)12(19)20/h1-7,17H,(H,19,20)/p-1/b15-7-. The smallest absolute Gasteiger partial charge is 0.195 e. The molecule has 1 N–H and O–H groups in total. The van der Waals surface area contributed by atoms with Crippen molar-refractivity contribution in [2.24, 2.45) is 5.10 Å². The molecule has 0 fully saturated rings. The predicted molar refractivity (Wildman–Crippen MR) is 80.1 cm³/mol. The Hall–Kier alpha value is -2.38. The average molecular weight is 320 g/mol. The van der Waals surface area contributed by atoms with Crippen molar-refractivity contribution in [3.8, 4) is 0 Å². The molecule has 3 rings (SSSR count). The number of halogens is 1. The Morgan fingerprint density at radius 2 is 2.19 bits per heavy atom. The van der Waals surface area contributed by atoms with Crippen LogP contribution in [0.4, 0.5) is 5.69 Å². The van der Waals surface area contributed by atoms with Crippen molar-refractivity contribution < 1.29 is 9.90 Å². The molecule has 0 spiro atoms. The monoisotopic (exact) mass is 319 g/mol. The zero-order valence-electron chi connectivity index (χ0n) is 10.5. The van der Waals surface area contributed by atoms with E-state index in [2.05, 4.69) is 15.5 Å². The van der Waals surface area contributed by atoms with Gasteiger partial charge in [0.15, 0.2) is 10.1 Å². The number of hydrazone groups is 1. The van der Waals surface area contributed by atoms with E-state index < -0.39 is 5.97 Å². The fourth-order valence-electron chi connectivity index (χ4n) is 1.74. The molecule has 0 unspecified atom stereocenters. The second-order valence-electron chi connectivity index (χ2n) is 4.08. The predicted octanol–water partition coefficient (Wildman–Crippen LogP) is 1.86. The van der Waals surface area contributed by atoms with E-state index >= 15 is 0 Å². The number of anilines is 1. The van der Waals surface area contributed by atoms with Gasteiger partial charge in [0.1, 0.15) is 5.69 Å². The normalized spacial score (nSPS) is 11.3. The average Bonchev–Trinajstić information content (AvgIpc) is 3.02. The molecule has 0 bridgehead atoms. The minimum atomic E-state index is -1.21. The van der Waals surface area contributed by atoms with Gasteiger partial charge >= 0.3 is 0 Å². The van der Waals surface area contributed by atoms with Gasteiger partial charge in [-0.2, -0.15) is 5.10 Å². The molecule has 8 heteroatoms. The Morgan fingerprint density at radius 1 is 1.43 bits per heavy atom. The molecule has 0 radical (unpaired) electrons. The van der Waals surface area contributed by atoms with Crippen LogP contribution in [-0.4, -0.2) is 21.6 Å². The van der Waals surface area contributed by atoms with Crippen LogP contribution in [0.1, 0.15) is 16.1 Å². The van der Waals surface area contributed by atoms with E-state index in [1.54, 1.807) is 18.3 Å². The van der Waals surface area contributed by atoms with E-state index in [0.29, 0.717) is 16.5 Å². The van der Waals surface area contributed by atoms with Crippen LogP contribution >= 0.6 is 22.9 Å². The van der Waals surface area contributed by atoms with Crippen LogP contribution in [0.2, 0.25) is 5.15 Å². The summed E-state index contributed by atoms with van der Waals surface area (Å²) in [5.41, 5.74) is 4.23. The third kappa shape index (κ3) is 2.74. The zero-order valence-corrected chi connectivity index (χ0v) is 12.1. The fourth-order valence-corrected chi connectivity index (χ4v) is 2.73. The van der Waals surface area contributed by atoms with Gasteiger partial charge in [0.05, 0.1) is 17.9 Å². The van der Waals surface area contributed by atoms with E-state index in [0.717, 1.165) is 4.96 Å². The Morgan fingerprint density at radius 3 is 2.90 bits per heavy atom. The first-order chi connectivity index (χ1) is 10.1. The maximum atomic E-state index is 10.6. The molecule has 6 nitrogen and oxygen atoms in total. The molecule has 1 aromatic carbocycles. The minimum Gasteiger partial charge on any atom is -0.545 e. The summed E-state index contributed by atoms with van der Waals surface area (Å²) in [5, 5.41) is 17.0. The molecule has 0 aliphatic rings. The molecular weight excluding hydrogens is 312 g/mol. The van der Waals surface area contributed by atoms with Crippen molar-refractivity contribution in [1.82, 2.24) is 9.38 Å². The second kappa shape index (κ2) is 5.55. The van der Waals surface area contributed by atoms with E-state index in [4.69, 9.17) is 11.6 Å². The Balaban J connectivity index is 1.76. The van der Waals surface area contributed by atoms with E-state index in [1.807, 2.05) is 16.0 Å². The number of aromatic nitrogens is 2. The number of carboxylic acid groups (broad SMARTS) is 1. The van der Waals surface area contributed by atoms with Crippen LogP contribution in [0.25, 0.3) is 4.96 Å². The molecule has 0 aliphatic carbocycles. The highest BCUT2D eigenvalue weighted by Gasteiger charge is 2.08. The number of hydrogen-bond acceptors (Lipinski definition) is 6. The van der Waals surface area contributed by atoms with Crippen LogP contribution in [0, 0.1) is 0 Å². The summed E-state index contributed by atoms with van der Waals surface area (Å²) in [6.45, 7) is 0. The largest absolute Gasteiger partial charge is 0.545 e. The number of carbonyl (C=O) groups is 1.